The van der Waals surface area contributed by atoms with E-state index in [-0.39, 0.29) is 21.5 Å². The first-order chi connectivity index (χ1) is 15.0. The van der Waals surface area contributed by atoms with Gasteiger partial charge in [-0.15, -0.1) is 10.2 Å². The average Bonchev–Trinajstić information content (AvgIpc) is 3.24. The summed E-state index contributed by atoms with van der Waals surface area (Å²) in [6, 6.07) is 13.9. The Labute approximate surface area is 183 Å². The number of hydrazone groups is 1. The normalized spacial score (nSPS) is 11.0. The molecule has 2 aromatic carbocycles. The predicted octanol–water partition coefficient (Wildman–Crippen LogP) is 3.05. The molecule has 0 saturated carbocycles. The monoisotopic (exact) mass is 453 g/mol. The summed E-state index contributed by atoms with van der Waals surface area (Å²) >= 11 is 7.02. The van der Waals surface area contributed by atoms with Gasteiger partial charge in [0.25, 0.3) is 0 Å². The molecule has 0 saturated heterocycles. The van der Waals surface area contributed by atoms with Crippen molar-refractivity contribution in [1.82, 2.24) is 15.6 Å². The van der Waals surface area contributed by atoms with Gasteiger partial charge in [-0.05, 0) is 18.2 Å². The largest absolute Gasteiger partial charge is 0.463 e. The highest BCUT2D eigenvalue weighted by Crippen LogP contribution is 2.25. The maximum Gasteiger partial charge on any atom is 0.329 e. The Kier molecular flexibility index (Phi) is 5.83. The van der Waals surface area contributed by atoms with Gasteiger partial charge < -0.3 is 4.42 Å². The number of hydrogen-bond acceptors (Lipinski definition) is 8. The zero-order valence-corrected chi connectivity index (χ0v) is 17.1. The highest BCUT2D eigenvalue weighted by atomic mass is 35.5. The van der Waals surface area contributed by atoms with Gasteiger partial charge >= 0.3 is 11.8 Å². The first kappa shape index (κ1) is 20.4. The number of carbonyl (C=O) groups excluding carboxylic acids is 2. The number of aromatic nitrogens is 2. The van der Waals surface area contributed by atoms with E-state index in [1.807, 2.05) is 35.8 Å². The van der Waals surface area contributed by atoms with Crippen molar-refractivity contribution in [2.24, 2.45) is 5.10 Å². The van der Waals surface area contributed by atoms with Crippen LogP contribution in [0.15, 0.2) is 69.1 Å². The molecule has 31 heavy (non-hydrogen) atoms. The van der Waals surface area contributed by atoms with Gasteiger partial charge in [-0.3, -0.25) is 19.7 Å². The second-order valence-electron chi connectivity index (χ2n) is 6.09. The Bertz CT molecular complexity index is 1370. The first-order valence-corrected chi connectivity index (χ1v) is 9.95. The van der Waals surface area contributed by atoms with Crippen molar-refractivity contribution >= 4 is 57.1 Å². The van der Waals surface area contributed by atoms with Crippen LogP contribution in [0.3, 0.4) is 0 Å². The molecule has 0 spiro atoms. The molecule has 0 unspecified atom stereocenters. The molecule has 0 radical (unpaired) electrons. The lowest BCUT2D eigenvalue weighted by atomic mass is 10.2. The smallest absolute Gasteiger partial charge is 0.329 e. The summed E-state index contributed by atoms with van der Waals surface area (Å²) in [5, 5.41) is 15.2. The SMILES string of the molecule is O=C(NN=Cc1coc2ccc(Cl)cc2c1=O)C(=O)Nc1nnc(-c2ccccc2)s1. The number of benzene rings is 2. The molecule has 154 valence electrons. The molecule has 4 rings (SSSR count). The lowest BCUT2D eigenvalue weighted by Gasteiger charge is -2.00. The number of rotatable bonds is 4. The van der Waals surface area contributed by atoms with Crippen LogP contribution < -0.4 is 16.2 Å². The number of anilines is 1. The molecule has 11 heteroatoms. The zero-order chi connectivity index (χ0) is 21.8. The van der Waals surface area contributed by atoms with Crippen molar-refractivity contribution in [2.75, 3.05) is 5.32 Å². The maximum absolute atomic E-state index is 12.4. The third-order valence-electron chi connectivity index (χ3n) is 4.00. The van der Waals surface area contributed by atoms with Gasteiger partial charge in [0.1, 0.15) is 16.9 Å². The minimum atomic E-state index is -1.04. The van der Waals surface area contributed by atoms with E-state index in [1.165, 1.54) is 12.3 Å². The summed E-state index contributed by atoms with van der Waals surface area (Å²) in [4.78, 5) is 36.4. The van der Waals surface area contributed by atoms with E-state index in [4.69, 9.17) is 16.0 Å². The van der Waals surface area contributed by atoms with Crippen molar-refractivity contribution in [1.29, 1.82) is 0 Å². The Morgan fingerprint density at radius 1 is 1.10 bits per heavy atom. The Hall–Kier alpha value is -3.89. The fourth-order valence-corrected chi connectivity index (χ4v) is 3.46. The maximum atomic E-state index is 12.4. The summed E-state index contributed by atoms with van der Waals surface area (Å²) in [6.45, 7) is 0. The van der Waals surface area contributed by atoms with Crippen LogP contribution in [-0.2, 0) is 9.59 Å². The van der Waals surface area contributed by atoms with Crippen LogP contribution in [0.1, 0.15) is 5.56 Å². The molecule has 0 aliphatic heterocycles. The van der Waals surface area contributed by atoms with Crippen molar-refractivity contribution < 1.29 is 14.0 Å². The number of nitrogens with one attached hydrogen (secondary N) is 2. The van der Waals surface area contributed by atoms with Gasteiger partial charge in [0.05, 0.1) is 17.2 Å². The topological polar surface area (TPSA) is 127 Å². The van der Waals surface area contributed by atoms with E-state index in [9.17, 15) is 14.4 Å². The average molecular weight is 454 g/mol. The highest BCUT2D eigenvalue weighted by molar-refractivity contribution is 7.18. The van der Waals surface area contributed by atoms with Crippen molar-refractivity contribution in [3.8, 4) is 10.6 Å². The highest BCUT2D eigenvalue weighted by Gasteiger charge is 2.16. The van der Waals surface area contributed by atoms with Gasteiger partial charge in [-0.2, -0.15) is 5.10 Å². The molecular formula is C20H12ClN5O4S. The van der Waals surface area contributed by atoms with Gasteiger partial charge in [-0.1, -0.05) is 53.3 Å². The van der Waals surface area contributed by atoms with E-state index >= 15 is 0 Å². The van der Waals surface area contributed by atoms with E-state index in [2.05, 4.69) is 20.6 Å². The minimum Gasteiger partial charge on any atom is -0.463 e. The molecule has 4 aromatic rings. The van der Waals surface area contributed by atoms with Gasteiger partial charge in [0.2, 0.25) is 10.6 Å². The molecule has 2 amide bonds. The molecule has 2 heterocycles. The van der Waals surface area contributed by atoms with Crippen LogP contribution in [0, 0.1) is 0 Å². The molecule has 2 N–H and O–H groups in total. The van der Waals surface area contributed by atoms with Crippen LogP contribution in [0.5, 0.6) is 0 Å². The zero-order valence-electron chi connectivity index (χ0n) is 15.5. The summed E-state index contributed by atoms with van der Waals surface area (Å²) in [5.41, 5.74) is 2.94. The lowest BCUT2D eigenvalue weighted by Crippen LogP contribution is -2.32. The standard InChI is InChI=1S/C20H12ClN5O4S/c21-13-6-7-15-14(8-13)16(27)12(10-30-15)9-22-24-18(29)17(28)23-20-26-25-19(31-20)11-4-2-1-3-5-11/h1-10H,(H,24,29)(H,23,26,28). The number of hydrogen-bond donors (Lipinski definition) is 2. The van der Waals surface area contributed by atoms with Gasteiger partial charge in [0, 0.05) is 10.6 Å². The number of amides is 2. The number of nitrogens with zero attached hydrogens (tertiary/aromatic N) is 3. The summed E-state index contributed by atoms with van der Waals surface area (Å²) in [5.74, 6) is -2.02. The van der Waals surface area contributed by atoms with Crippen LogP contribution in [0.25, 0.3) is 21.5 Å². The third-order valence-corrected chi connectivity index (χ3v) is 5.13. The number of halogens is 1. The quantitative estimate of drug-likeness (QED) is 0.278. The molecular weight excluding hydrogens is 442 g/mol. The summed E-state index contributed by atoms with van der Waals surface area (Å²) < 4.78 is 5.35. The fraction of sp³-hybridized carbons (Fsp3) is 0. The summed E-state index contributed by atoms with van der Waals surface area (Å²) in [6.07, 6.45) is 2.27. The van der Waals surface area contributed by atoms with Crippen molar-refractivity contribution in [3.05, 3.63) is 75.6 Å². The second kappa shape index (κ2) is 8.86. The second-order valence-corrected chi connectivity index (χ2v) is 7.51. The van der Waals surface area contributed by atoms with Crippen LogP contribution >= 0.6 is 22.9 Å². The Morgan fingerprint density at radius 2 is 1.90 bits per heavy atom. The van der Waals surface area contributed by atoms with E-state index in [0.717, 1.165) is 23.1 Å². The van der Waals surface area contributed by atoms with Crippen LogP contribution in [0.2, 0.25) is 5.02 Å². The van der Waals surface area contributed by atoms with Gasteiger partial charge in [-0.25, -0.2) is 5.43 Å². The molecule has 0 atom stereocenters. The molecule has 0 aliphatic carbocycles. The molecule has 9 nitrogen and oxygen atoms in total. The van der Waals surface area contributed by atoms with Crippen molar-refractivity contribution in [3.63, 3.8) is 0 Å². The van der Waals surface area contributed by atoms with Crippen LogP contribution in [0.4, 0.5) is 5.13 Å². The minimum absolute atomic E-state index is 0.0760. The number of carbonyl (C=O) groups is 2. The first-order valence-electron chi connectivity index (χ1n) is 8.75. The lowest BCUT2D eigenvalue weighted by molar-refractivity contribution is -0.136. The number of fused-ring (bicyclic) bond motifs is 1. The van der Waals surface area contributed by atoms with E-state index in [1.54, 1.807) is 12.1 Å². The van der Waals surface area contributed by atoms with E-state index in [0.29, 0.717) is 15.6 Å². The molecule has 0 bridgehead atoms. The molecule has 2 aromatic heterocycles. The predicted molar refractivity (Wildman–Crippen MR) is 117 cm³/mol. The third kappa shape index (κ3) is 4.65. The van der Waals surface area contributed by atoms with Crippen LogP contribution in [-0.4, -0.2) is 28.2 Å². The molecule has 0 fully saturated rings. The Balaban J connectivity index is 1.40. The van der Waals surface area contributed by atoms with E-state index < -0.39 is 11.8 Å². The van der Waals surface area contributed by atoms with Gasteiger partial charge in [0.15, 0.2) is 0 Å². The fourth-order valence-electron chi connectivity index (χ4n) is 2.54. The molecule has 0 aliphatic rings. The van der Waals surface area contributed by atoms with Crippen molar-refractivity contribution in [2.45, 2.75) is 0 Å². The Morgan fingerprint density at radius 3 is 2.71 bits per heavy atom. The summed E-state index contributed by atoms with van der Waals surface area (Å²) in [7, 11) is 0.